The molecule has 1 saturated heterocycles. The minimum atomic E-state index is 0.0355. The fourth-order valence-electron chi connectivity index (χ4n) is 4.34. The highest BCUT2D eigenvalue weighted by Gasteiger charge is 2.29. The van der Waals surface area contributed by atoms with Crippen molar-refractivity contribution < 1.29 is 4.79 Å². The van der Waals surface area contributed by atoms with Crippen molar-refractivity contribution in [2.45, 2.75) is 25.7 Å². The molecule has 1 atom stereocenters. The molecule has 1 unspecified atom stereocenters. The van der Waals surface area contributed by atoms with Gasteiger partial charge in [-0.1, -0.05) is 11.6 Å². The molecular weight excluding hydrogens is 380 g/mol. The predicted molar refractivity (Wildman–Crippen MR) is 116 cm³/mol. The number of piperidine rings is 1. The van der Waals surface area contributed by atoms with E-state index in [1.54, 1.807) is 5.51 Å². The molecule has 4 aromatic rings. The lowest BCUT2D eigenvalue weighted by Gasteiger charge is -2.32. The minimum absolute atomic E-state index is 0.0355. The molecule has 0 bridgehead atoms. The van der Waals surface area contributed by atoms with Gasteiger partial charge in [0.2, 0.25) is 0 Å². The van der Waals surface area contributed by atoms with E-state index < -0.39 is 0 Å². The third-order valence-corrected chi connectivity index (χ3v) is 6.31. The number of aryl methyl sites for hydroxylation is 1. The summed E-state index contributed by atoms with van der Waals surface area (Å²) in [6.45, 7) is 3.62. The summed E-state index contributed by atoms with van der Waals surface area (Å²) in [5.41, 5.74) is 8.26. The quantitative estimate of drug-likeness (QED) is 0.524. The zero-order valence-corrected chi connectivity index (χ0v) is 17.1. The third-order valence-electron chi connectivity index (χ3n) is 5.72. The van der Waals surface area contributed by atoms with Gasteiger partial charge in [0.15, 0.2) is 0 Å². The normalized spacial score (nSPS) is 17.0. The molecule has 146 valence electrons. The van der Waals surface area contributed by atoms with Crippen molar-refractivity contribution in [3.63, 3.8) is 0 Å². The van der Waals surface area contributed by atoms with Gasteiger partial charge >= 0.3 is 0 Å². The van der Waals surface area contributed by atoms with Gasteiger partial charge in [-0.15, -0.1) is 11.3 Å². The van der Waals surface area contributed by atoms with E-state index in [0.717, 1.165) is 30.5 Å². The highest BCUT2D eigenvalue weighted by atomic mass is 32.1. The number of nitrogens with zero attached hydrogens (tertiary/aromatic N) is 3. The Morgan fingerprint density at radius 3 is 2.90 bits per heavy atom. The molecule has 1 fully saturated rings. The molecule has 5 nitrogen and oxygen atoms in total. The number of thiazole rings is 1. The number of H-pyrrole nitrogens is 1. The summed E-state index contributed by atoms with van der Waals surface area (Å²) in [4.78, 5) is 26.9. The van der Waals surface area contributed by atoms with E-state index in [0.29, 0.717) is 12.2 Å². The van der Waals surface area contributed by atoms with Gasteiger partial charge in [-0.3, -0.25) is 9.78 Å². The Bertz CT molecular complexity index is 1150. The summed E-state index contributed by atoms with van der Waals surface area (Å²) < 4.78 is 0. The molecule has 29 heavy (non-hydrogen) atoms. The number of carbonyl (C=O) groups excluding carboxylic acids is 1. The summed E-state index contributed by atoms with van der Waals surface area (Å²) in [5.74, 6) is 0.301. The molecule has 5 rings (SSSR count). The van der Waals surface area contributed by atoms with Gasteiger partial charge in [-0.25, -0.2) is 4.98 Å². The van der Waals surface area contributed by atoms with Crippen molar-refractivity contribution in [2.75, 3.05) is 13.1 Å². The first-order valence-electron chi connectivity index (χ1n) is 9.91. The summed E-state index contributed by atoms with van der Waals surface area (Å²) >= 11 is 1.46. The number of likely N-dealkylation sites (tertiary alicyclic amines) is 1. The van der Waals surface area contributed by atoms with Crippen LogP contribution >= 0.6 is 11.3 Å². The first kappa shape index (κ1) is 18.1. The second-order valence-electron chi connectivity index (χ2n) is 7.66. The molecule has 6 heteroatoms. The average molecular weight is 403 g/mol. The van der Waals surface area contributed by atoms with Crippen molar-refractivity contribution in [1.82, 2.24) is 19.9 Å². The number of nitrogens with one attached hydrogen (secondary N) is 1. The molecule has 1 aromatic carbocycles. The maximum atomic E-state index is 12.9. The maximum absolute atomic E-state index is 12.9. The number of amides is 1. The first-order chi connectivity index (χ1) is 14.2. The number of fused-ring (bicyclic) bond motifs is 1. The highest BCUT2D eigenvalue weighted by Crippen LogP contribution is 2.39. The van der Waals surface area contributed by atoms with Crippen LogP contribution in [0.1, 0.15) is 40.5 Å². The molecule has 0 radical (unpaired) electrons. The Balaban J connectivity index is 1.56. The standard InChI is InChI=1S/C23H22N4OS/c1-15-4-5-19-18(11-15)21(16-6-8-24-9-7-16)22(26-19)17-3-2-10-27(12-17)23(28)20-13-29-14-25-20/h4-9,11,13-14,17,26H,2-3,10,12H2,1H3. The summed E-state index contributed by atoms with van der Waals surface area (Å²) in [6.07, 6.45) is 5.73. The molecular formula is C23H22N4OS. The van der Waals surface area contributed by atoms with E-state index in [9.17, 15) is 4.79 Å². The van der Waals surface area contributed by atoms with E-state index in [4.69, 9.17) is 0 Å². The summed E-state index contributed by atoms with van der Waals surface area (Å²) in [6, 6.07) is 10.7. The molecule has 1 aliphatic rings. The molecule has 1 aliphatic heterocycles. The Labute approximate surface area is 173 Å². The lowest BCUT2D eigenvalue weighted by atomic mass is 9.89. The van der Waals surface area contributed by atoms with Crippen LogP contribution in [0.3, 0.4) is 0 Å². The lowest BCUT2D eigenvalue weighted by molar-refractivity contribution is 0.0701. The zero-order valence-electron chi connectivity index (χ0n) is 16.3. The number of aromatic amines is 1. The largest absolute Gasteiger partial charge is 0.358 e. The molecule has 4 heterocycles. The van der Waals surface area contributed by atoms with Crippen molar-refractivity contribution in [1.29, 1.82) is 0 Å². The average Bonchev–Trinajstić information content (AvgIpc) is 3.42. The van der Waals surface area contributed by atoms with Crippen molar-refractivity contribution in [2.24, 2.45) is 0 Å². The number of pyridine rings is 1. The third kappa shape index (κ3) is 3.34. The lowest BCUT2D eigenvalue weighted by Crippen LogP contribution is -2.39. The maximum Gasteiger partial charge on any atom is 0.273 e. The number of rotatable bonds is 3. The Morgan fingerprint density at radius 2 is 2.10 bits per heavy atom. The van der Waals surface area contributed by atoms with Gasteiger partial charge in [0.25, 0.3) is 5.91 Å². The Hall–Kier alpha value is -2.99. The first-order valence-corrected chi connectivity index (χ1v) is 10.8. The molecule has 0 spiro atoms. The predicted octanol–water partition coefficient (Wildman–Crippen LogP) is 5.01. The van der Waals surface area contributed by atoms with Crippen LogP contribution < -0.4 is 0 Å². The van der Waals surface area contributed by atoms with Crippen LogP contribution in [-0.2, 0) is 0 Å². The second kappa shape index (κ2) is 7.44. The fourth-order valence-corrected chi connectivity index (χ4v) is 4.87. The van der Waals surface area contributed by atoms with Crippen LogP contribution in [0.15, 0.2) is 53.6 Å². The minimum Gasteiger partial charge on any atom is -0.358 e. The number of hydrogen-bond acceptors (Lipinski definition) is 4. The molecule has 1 N–H and O–H groups in total. The van der Waals surface area contributed by atoms with E-state index in [2.05, 4.69) is 52.2 Å². The van der Waals surface area contributed by atoms with Gasteiger partial charge in [-0.05, 0) is 49.6 Å². The van der Waals surface area contributed by atoms with Crippen LogP contribution in [0.4, 0.5) is 0 Å². The topological polar surface area (TPSA) is 61.9 Å². The highest BCUT2D eigenvalue weighted by molar-refractivity contribution is 7.07. The van der Waals surface area contributed by atoms with Crippen LogP contribution in [-0.4, -0.2) is 38.8 Å². The SMILES string of the molecule is Cc1ccc2[nH]c(C3CCCN(C(=O)c4cscn4)C3)c(-c3ccncc3)c2c1. The second-order valence-corrected chi connectivity index (χ2v) is 8.38. The van der Waals surface area contributed by atoms with Crippen LogP contribution in [0, 0.1) is 6.92 Å². The van der Waals surface area contributed by atoms with Crippen molar-refractivity contribution in [3.05, 3.63) is 70.6 Å². The van der Waals surface area contributed by atoms with Crippen molar-refractivity contribution >= 4 is 28.1 Å². The van der Waals surface area contributed by atoms with Gasteiger partial charge in [0, 0.05) is 58.9 Å². The van der Waals surface area contributed by atoms with Gasteiger partial charge in [0.1, 0.15) is 5.69 Å². The number of aromatic nitrogens is 3. The van der Waals surface area contributed by atoms with Crippen molar-refractivity contribution in [3.8, 4) is 11.1 Å². The van der Waals surface area contributed by atoms with Gasteiger partial charge in [0.05, 0.1) is 5.51 Å². The van der Waals surface area contributed by atoms with E-state index >= 15 is 0 Å². The summed E-state index contributed by atoms with van der Waals surface area (Å²) in [7, 11) is 0. The Kier molecular flexibility index (Phi) is 4.64. The summed E-state index contributed by atoms with van der Waals surface area (Å²) in [5, 5.41) is 3.06. The number of benzene rings is 1. The smallest absolute Gasteiger partial charge is 0.273 e. The Morgan fingerprint density at radius 1 is 1.24 bits per heavy atom. The molecule has 0 saturated carbocycles. The molecule has 0 aliphatic carbocycles. The van der Waals surface area contributed by atoms with E-state index in [-0.39, 0.29) is 11.8 Å². The van der Waals surface area contributed by atoms with Crippen LogP contribution in [0.25, 0.3) is 22.0 Å². The van der Waals surface area contributed by atoms with Crippen LogP contribution in [0.5, 0.6) is 0 Å². The van der Waals surface area contributed by atoms with Crippen LogP contribution in [0.2, 0.25) is 0 Å². The number of carbonyl (C=O) groups is 1. The molecule has 3 aromatic heterocycles. The van der Waals surface area contributed by atoms with E-state index in [1.807, 2.05) is 22.7 Å². The molecule has 1 amide bonds. The fraction of sp³-hybridized carbons (Fsp3) is 0.261. The monoisotopic (exact) mass is 402 g/mol. The zero-order chi connectivity index (χ0) is 19.8. The van der Waals surface area contributed by atoms with E-state index in [1.165, 1.54) is 33.5 Å². The van der Waals surface area contributed by atoms with Gasteiger partial charge in [-0.2, -0.15) is 0 Å². The number of hydrogen-bond donors (Lipinski definition) is 1. The van der Waals surface area contributed by atoms with Gasteiger partial charge < -0.3 is 9.88 Å².